The number of carbonyl (C=O) groups excluding carboxylic acids is 2. The second-order valence-corrected chi connectivity index (χ2v) is 7.56. The maximum atomic E-state index is 12.4. The monoisotopic (exact) mass is 391 g/mol. The molecule has 6 nitrogen and oxygen atoms in total. The van der Waals surface area contributed by atoms with Gasteiger partial charge in [0.25, 0.3) is 0 Å². The van der Waals surface area contributed by atoms with E-state index < -0.39 is 0 Å². The number of amides is 1. The molecule has 6 heteroatoms. The summed E-state index contributed by atoms with van der Waals surface area (Å²) in [5, 5.41) is 0. The van der Waals surface area contributed by atoms with Crippen molar-refractivity contribution in [2.24, 2.45) is 5.92 Å². The number of hydrogen-bond acceptors (Lipinski definition) is 4. The van der Waals surface area contributed by atoms with E-state index in [1.165, 1.54) is 0 Å². The van der Waals surface area contributed by atoms with Crippen molar-refractivity contribution in [3.05, 3.63) is 66.0 Å². The number of imidazole rings is 1. The smallest absolute Gasteiger partial charge is 0.410 e. The fourth-order valence-corrected chi connectivity index (χ4v) is 3.90. The Morgan fingerprint density at radius 1 is 1.03 bits per heavy atom. The van der Waals surface area contributed by atoms with Crippen molar-refractivity contribution in [1.82, 2.24) is 14.5 Å². The quantitative estimate of drug-likeness (QED) is 0.609. The van der Waals surface area contributed by atoms with Crippen molar-refractivity contribution >= 4 is 22.9 Å². The van der Waals surface area contributed by atoms with Crippen LogP contribution in [0, 0.1) is 5.92 Å². The number of carbonyl (C=O) groups is 2. The minimum absolute atomic E-state index is 0.0249. The summed E-state index contributed by atoms with van der Waals surface area (Å²) >= 11 is 0. The highest BCUT2D eigenvalue weighted by Gasteiger charge is 2.25. The maximum absolute atomic E-state index is 12.4. The molecule has 2 heterocycles. The first-order chi connectivity index (χ1) is 14.1. The molecule has 0 unspecified atom stereocenters. The van der Waals surface area contributed by atoms with E-state index in [-0.39, 0.29) is 11.9 Å². The van der Waals surface area contributed by atoms with Crippen molar-refractivity contribution in [3.8, 4) is 0 Å². The van der Waals surface area contributed by atoms with Gasteiger partial charge in [0.05, 0.1) is 11.0 Å². The third-order valence-electron chi connectivity index (χ3n) is 5.49. The molecule has 2 aromatic carbocycles. The molecular formula is C23H25N3O3. The Kier molecular flexibility index (Phi) is 5.60. The molecule has 0 bridgehead atoms. The second kappa shape index (κ2) is 8.47. The van der Waals surface area contributed by atoms with Crippen LogP contribution in [0.4, 0.5) is 4.79 Å². The van der Waals surface area contributed by atoms with Gasteiger partial charge in [0, 0.05) is 26.6 Å². The minimum Gasteiger partial charge on any atom is -0.445 e. The molecule has 29 heavy (non-hydrogen) atoms. The van der Waals surface area contributed by atoms with Crippen LogP contribution in [-0.4, -0.2) is 39.4 Å². The number of piperidine rings is 1. The number of nitrogens with zero attached hydrogens (tertiary/aromatic N) is 3. The second-order valence-electron chi connectivity index (χ2n) is 7.56. The van der Waals surface area contributed by atoms with Crippen LogP contribution in [0.1, 0.15) is 35.9 Å². The van der Waals surface area contributed by atoms with E-state index in [2.05, 4.69) is 4.98 Å². The Bertz CT molecular complexity index is 1000. The number of hydrogen-bond donors (Lipinski definition) is 0. The SMILES string of the molecule is CC(=O)c1nc2ccccc2n1CC1CCN(C(=O)OCc2ccccc2)CC1. The predicted molar refractivity (Wildman–Crippen MR) is 111 cm³/mol. The first-order valence-electron chi connectivity index (χ1n) is 10.0. The molecule has 0 saturated carbocycles. The maximum Gasteiger partial charge on any atom is 0.410 e. The van der Waals surface area contributed by atoms with Crippen molar-refractivity contribution in [2.45, 2.75) is 32.9 Å². The Morgan fingerprint density at radius 2 is 1.72 bits per heavy atom. The number of para-hydroxylation sites is 2. The summed E-state index contributed by atoms with van der Waals surface area (Å²) in [5.74, 6) is 0.878. The largest absolute Gasteiger partial charge is 0.445 e. The molecule has 0 spiro atoms. The Morgan fingerprint density at radius 3 is 2.45 bits per heavy atom. The topological polar surface area (TPSA) is 64.4 Å². The van der Waals surface area contributed by atoms with Gasteiger partial charge in [-0.25, -0.2) is 9.78 Å². The van der Waals surface area contributed by atoms with Gasteiger partial charge in [0.15, 0.2) is 11.6 Å². The molecule has 1 saturated heterocycles. The Balaban J connectivity index is 1.36. The van der Waals surface area contributed by atoms with Crippen molar-refractivity contribution < 1.29 is 14.3 Å². The van der Waals surface area contributed by atoms with Crippen LogP contribution in [0.3, 0.4) is 0 Å². The molecule has 0 N–H and O–H groups in total. The molecule has 0 radical (unpaired) electrons. The number of fused-ring (bicyclic) bond motifs is 1. The molecule has 150 valence electrons. The number of ether oxygens (including phenoxy) is 1. The van der Waals surface area contributed by atoms with Gasteiger partial charge in [-0.2, -0.15) is 0 Å². The van der Waals surface area contributed by atoms with Crippen LogP contribution in [-0.2, 0) is 17.9 Å². The number of benzene rings is 2. The lowest BCUT2D eigenvalue weighted by Crippen LogP contribution is -2.39. The van der Waals surface area contributed by atoms with E-state index in [1.807, 2.05) is 59.2 Å². The number of ketones is 1. The van der Waals surface area contributed by atoms with Gasteiger partial charge >= 0.3 is 6.09 Å². The van der Waals surface area contributed by atoms with E-state index in [1.54, 1.807) is 11.8 Å². The number of Topliss-reactive ketones (excluding diaryl/α,β-unsaturated/α-hetero) is 1. The predicted octanol–water partition coefficient (Wildman–Crippen LogP) is 4.29. The minimum atomic E-state index is -0.259. The van der Waals surface area contributed by atoms with Crippen LogP contribution >= 0.6 is 0 Å². The molecule has 1 aliphatic heterocycles. The summed E-state index contributed by atoms with van der Waals surface area (Å²) in [6.07, 6.45) is 1.50. The zero-order valence-corrected chi connectivity index (χ0v) is 16.6. The van der Waals surface area contributed by atoms with Gasteiger partial charge in [0.2, 0.25) is 0 Å². The van der Waals surface area contributed by atoms with Gasteiger partial charge in [0.1, 0.15) is 6.61 Å². The average molecular weight is 391 g/mol. The molecular weight excluding hydrogens is 366 g/mol. The zero-order valence-electron chi connectivity index (χ0n) is 16.6. The van der Waals surface area contributed by atoms with Crippen molar-refractivity contribution in [3.63, 3.8) is 0 Å². The van der Waals surface area contributed by atoms with Gasteiger partial charge in [-0.3, -0.25) is 4.79 Å². The number of aromatic nitrogens is 2. The molecule has 4 rings (SSSR count). The molecule has 1 aromatic heterocycles. The lowest BCUT2D eigenvalue weighted by molar-refractivity contribution is 0.0807. The van der Waals surface area contributed by atoms with Gasteiger partial charge < -0.3 is 14.2 Å². The highest BCUT2D eigenvalue weighted by molar-refractivity contribution is 5.94. The van der Waals surface area contributed by atoms with Crippen LogP contribution in [0.15, 0.2) is 54.6 Å². The van der Waals surface area contributed by atoms with Gasteiger partial charge in [-0.1, -0.05) is 42.5 Å². The van der Waals surface area contributed by atoms with Crippen LogP contribution in [0.5, 0.6) is 0 Å². The highest BCUT2D eigenvalue weighted by Crippen LogP contribution is 2.24. The summed E-state index contributed by atoms with van der Waals surface area (Å²) < 4.78 is 7.48. The Hall–Kier alpha value is -3.15. The lowest BCUT2D eigenvalue weighted by Gasteiger charge is -2.31. The van der Waals surface area contributed by atoms with E-state index in [0.29, 0.717) is 31.4 Å². The fourth-order valence-electron chi connectivity index (χ4n) is 3.90. The zero-order chi connectivity index (χ0) is 20.2. The lowest BCUT2D eigenvalue weighted by atomic mass is 9.97. The third-order valence-corrected chi connectivity index (χ3v) is 5.49. The van der Waals surface area contributed by atoms with Crippen LogP contribution in [0.25, 0.3) is 11.0 Å². The molecule has 1 amide bonds. The van der Waals surface area contributed by atoms with Gasteiger partial charge in [-0.15, -0.1) is 0 Å². The van der Waals surface area contributed by atoms with E-state index in [9.17, 15) is 9.59 Å². The Labute approximate surface area is 170 Å². The summed E-state index contributed by atoms with van der Waals surface area (Å²) in [7, 11) is 0. The first kappa shape index (κ1) is 19.2. The van der Waals surface area contributed by atoms with E-state index in [0.717, 1.165) is 36.0 Å². The summed E-state index contributed by atoms with van der Waals surface area (Å²) in [6, 6.07) is 17.5. The number of rotatable bonds is 5. The van der Waals surface area contributed by atoms with Crippen LogP contribution < -0.4 is 0 Å². The normalized spacial score (nSPS) is 14.9. The van der Waals surface area contributed by atoms with E-state index in [4.69, 9.17) is 4.74 Å². The summed E-state index contributed by atoms with van der Waals surface area (Å²) in [5.41, 5.74) is 2.82. The van der Waals surface area contributed by atoms with E-state index >= 15 is 0 Å². The van der Waals surface area contributed by atoms with Crippen molar-refractivity contribution in [1.29, 1.82) is 0 Å². The van der Waals surface area contributed by atoms with Gasteiger partial charge in [-0.05, 0) is 36.5 Å². The first-order valence-corrected chi connectivity index (χ1v) is 10.0. The van der Waals surface area contributed by atoms with Crippen LogP contribution in [0.2, 0.25) is 0 Å². The molecule has 1 aliphatic rings. The average Bonchev–Trinajstić information content (AvgIpc) is 3.12. The molecule has 1 fully saturated rings. The molecule has 0 atom stereocenters. The highest BCUT2D eigenvalue weighted by atomic mass is 16.6. The fraction of sp³-hybridized carbons (Fsp3) is 0.348. The summed E-state index contributed by atoms with van der Waals surface area (Å²) in [6.45, 7) is 3.93. The van der Waals surface area contributed by atoms with Crippen molar-refractivity contribution in [2.75, 3.05) is 13.1 Å². The molecule has 3 aromatic rings. The third kappa shape index (κ3) is 4.31. The molecule has 0 aliphatic carbocycles. The standard InChI is InChI=1S/C23H25N3O3/c1-17(27)22-24-20-9-5-6-10-21(20)26(22)15-18-11-13-25(14-12-18)23(28)29-16-19-7-3-2-4-8-19/h2-10,18H,11-16H2,1H3. The number of likely N-dealkylation sites (tertiary alicyclic amines) is 1. The summed E-state index contributed by atoms with van der Waals surface area (Å²) in [4.78, 5) is 30.7.